The molecule has 0 atom stereocenters. The third-order valence-electron chi connectivity index (χ3n) is 6.90. The van der Waals surface area contributed by atoms with E-state index < -0.39 is 8.56 Å². The van der Waals surface area contributed by atoms with Crippen molar-refractivity contribution in [1.82, 2.24) is 0 Å². The van der Waals surface area contributed by atoms with Crippen molar-refractivity contribution in [3.8, 4) is 0 Å². The molecular weight excluding hydrogens is 508 g/mol. The molecule has 0 radical (unpaired) electrons. The predicted octanol–water partition coefficient (Wildman–Crippen LogP) is 8.98. The molecule has 0 saturated carbocycles. The standard InChI is InChI=1S/C35H36N2O2Si/c1-4-38-40(3,39-5-2)35-27-25-34(26-28-35)37(31-19-13-8-14-20-31)33-23-21-32(22-24-33)36(29-15-9-6-10-16-29)30-17-11-7-12-18-30/h6-28H,4-5H2,1-3H3. The SMILES string of the molecule is CCO[Si](C)(OCC)c1ccc(N(c2ccccc2)c2ccc(N(c3ccccc3)c3ccccc3)cc2)cc1. The van der Waals surface area contributed by atoms with Gasteiger partial charge in [0.05, 0.1) is 0 Å². The average Bonchev–Trinajstić information content (AvgIpc) is 3.00. The summed E-state index contributed by atoms with van der Waals surface area (Å²) in [5, 5.41) is 1.13. The topological polar surface area (TPSA) is 24.9 Å². The first kappa shape index (κ1) is 27.4. The lowest BCUT2D eigenvalue weighted by molar-refractivity contribution is 0.202. The predicted molar refractivity (Wildman–Crippen MR) is 170 cm³/mol. The van der Waals surface area contributed by atoms with Crippen LogP contribution in [0.3, 0.4) is 0 Å². The maximum absolute atomic E-state index is 6.13. The summed E-state index contributed by atoms with van der Waals surface area (Å²) in [7, 11) is -2.45. The Morgan fingerprint density at radius 3 is 1.00 bits per heavy atom. The smallest absolute Gasteiger partial charge is 0.369 e. The molecule has 0 aromatic heterocycles. The molecule has 0 amide bonds. The Kier molecular flexibility index (Phi) is 8.77. The minimum atomic E-state index is -2.45. The highest BCUT2D eigenvalue weighted by Crippen LogP contribution is 2.38. The number of para-hydroxylation sites is 3. The summed E-state index contributed by atoms with van der Waals surface area (Å²) in [6.07, 6.45) is 0. The Hall–Kier alpha value is -4.16. The second-order valence-electron chi connectivity index (χ2n) is 9.55. The van der Waals surface area contributed by atoms with Crippen LogP contribution in [-0.4, -0.2) is 21.8 Å². The summed E-state index contributed by atoms with van der Waals surface area (Å²) < 4.78 is 12.3. The second kappa shape index (κ2) is 12.8. The quantitative estimate of drug-likeness (QED) is 0.155. The van der Waals surface area contributed by atoms with Gasteiger partial charge in [-0.2, -0.15) is 0 Å². The monoisotopic (exact) mass is 544 g/mol. The molecule has 0 aliphatic carbocycles. The van der Waals surface area contributed by atoms with Gasteiger partial charge in [0.1, 0.15) is 0 Å². The molecule has 0 bridgehead atoms. The Labute approximate surface area is 239 Å². The normalized spacial score (nSPS) is 11.3. The molecule has 5 heteroatoms. The molecule has 202 valence electrons. The fourth-order valence-corrected chi connectivity index (χ4v) is 7.34. The van der Waals surface area contributed by atoms with Gasteiger partial charge in [0.25, 0.3) is 0 Å². The number of benzene rings is 5. The molecule has 0 aliphatic heterocycles. The minimum absolute atomic E-state index is 0.635. The summed E-state index contributed by atoms with van der Waals surface area (Å²) in [6, 6.07) is 48.8. The molecule has 0 heterocycles. The van der Waals surface area contributed by atoms with E-state index >= 15 is 0 Å². The van der Waals surface area contributed by atoms with Crippen molar-refractivity contribution in [3.63, 3.8) is 0 Å². The maximum Gasteiger partial charge on any atom is 0.369 e. The van der Waals surface area contributed by atoms with Gasteiger partial charge in [-0.3, -0.25) is 0 Å². The summed E-state index contributed by atoms with van der Waals surface area (Å²) in [5.74, 6) is 0. The molecular formula is C35H36N2O2Si. The van der Waals surface area contributed by atoms with E-state index in [9.17, 15) is 0 Å². The lowest BCUT2D eigenvalue weighted by atomic mass is 10.1. The molecule has 4 nitrogen and oxygen atoms in total. The van der Waals surface area contributed by atoms with Crippen molar-refractivity contribution < 1.29 is 8.85 Å². The summed E-state index contributed by atoms with van der Waals surface area (Å²) in [6.45, 7) is 7.44. The van der Waals surface area contributed by atoms with E-state index in [1.54, 1.807) is 0 Å². The zero-order valence-electron chi connectivity index (χ0n) is 23.4. The van der Waals surface area contributed by atoms with E-state index in [-0.39, 0.29) is 0 Å². The fourth-order valence-electron chi connectivity index (χ4n) is 5.05. The van der Waals surface area contributed by atoms with Crippen LogP contribution in [0.5, 0.6) is 0 Å². The van der Waals surface area contributed by atoms with Crippen molar-refractivity contribution in [2.24, 2.45) is 0 Å². The summed E-state index contributed by atoms with van der Waals surface area (Å²) >= 11 is 0. The van der Waals surface area contributed by atoms with Gasteiger partial charge in [0.15, 0.2) is 0 Å². The molecule has 5 rings (SSSR count). The number of hydrogen-bond acceptors (Lipinski definition) is 4. The van der Waals surface area contributed by atoms with Gasteiger partial charge < -0.3 is 18.7 Å². The fraction of sp³-hybridized carbons (Fsp3) is 0.143. The molecule has 0 saturated heterocycles. The maximum atomic E-state index is 6.13. The molecule has 40 heavy (non-hydrogen) atoms. The Morgan fingerprint density at radius 2 is 0.700 bits per heavy atom. The van der Waals surface area contributed by atoms with Gasteiger partial charge in [-0.25, -0.2) is 0 Å². The van der Waals surface area contributed by atoms with Gasteiger partial charge in [-0.05, 0) is 98.4 Å². The highest BCUT2D eigenvalue weighted by Gasteiger charge is 2.33. The lowest BCUT2D eigenvalue weighted by Gasteiger charge is -2.29. The van der Waals surface area contributed by atoms with Crippen LogP contribution in [0.15, 0.2) is 140 Å². The Bertz CT molecular complexity index is 1420. The van der Waals surface area contributed by atoms with E-state index in [0.29, 0.717) is 13.2 Å². The first-order valence-electron chi connectivity index (χ1n) is 13.9. The van der Waals surface area contributed by atoms with Crippen molar-refractivity contribution in [3.05, 3.63) is 140 Å². The van der Waals surface area contributed by atoms with E-state index in [1.165, 1.54) is 0 Å². The van der Waals surface area contributed by atoms with Crippen molar-refractivity contribution in [1.29, 1.82) is 0 Å². The minimum Gasteiger partial charge on any atom is -0.391 e. The number of rotatable bonds is 11. The number of anilines is 6. The Balaban J connectivity index is 1.52. The van der Waals surface area contributed by atoms with Crippen LogP contribution in [0, 0.1) is 0 Å². The van der Waals surface area contributed by atoms with Gasteiger partial charge in [0.2, 0.25) is 0 Å². The first-order valence-corrected chi connectivity index (χ1v) is 16.2. The van der Waals surface area contributed by atoms with Gasteiger partial charge >= 0.3 is 8.56 Å². The van der Waals surface area contributed by atoms with Gasteiger partial charge in [-0.15, -0.1) is 0 Å². The zero-order chi connectivity index (χ0) is 27.8. The number of hydrogen-bond donors (Lipinski definition) is 0. The second-order valence-corrected chi connectivity index (χ2v) is 12.6. The highest BCUT2D eigenvalue weighted by atomic mass is 28.4. The average molecular weight is 545 g/mol. The van der Waals surface area contributed by atoms with Crippen LogP contribution < -0.4 is 15.0 Å². The molecule has 0 unspecified atom stereocenters. The van der Waals surface area contributed by atoms with Gasteiger partial charge in [-0.1, -0.05) is 66.7 Å². The van der Waals surface area contributed by atoms with E-state index in [0.717, 1.165) is 39.3 Å². The molecule has 0 N–H and O–H groups in total. The summed E-state index contributed by atoms with van der Waals surface area (Å²) in [5.41, 5.74) is 6.59. The third-order valence-corrected chi connectivity index (χ3v) is 9.96. The van der Waals surface area contributed by atoms with Crippen molar-refractivity contribution in [2.75, 3.05) is 23.0 Å². The molecule has 0 spiro atoms. The summed E-state index contributed by atoms with van der Waals surface area (Å²) in [4.78, 5) is 4.56. The van der Waals surface area contributed by atoms with E-state index in [4.69, 9.17) is 8.85 Å². The largest absolute Gasteiger partial charge is 0.391 e. The van der Waals surface area contributed by atoms with Crippen LogP contribution in [0.2, 0.25) is 6.55 Å². The van der Waals surface area contributed by atoms with Gasteiger partial charge in [0, 0.05) is 47.3 Å². The lowest BCUT2D eigenvalue weighted by Crippen LogP contribution is -2.51. The zero-order valence-corrected chi connectivity index (χ0v) is 24.4. The molecule has 0 fully saturated rings. The van der Waals surface area contributed by atoms with Crippen LogP contribution in [0.25, 0.3) is 0 Å². The third kappa shape index (κ3) is 6.02. The molecule has 5 aromatic carbocycles. The van der Waals surface area contributed by atoms with Crippen molar-refractivity contribution >= 4 is 47.9 Å². The van der Waals surface area contributed by atoms with E-state index in [1.807, 2.05) is 32.0 Å². The van der Waals surface area contributed by atoms with Crippen molar-refractivity contribution in [2.45, 2.75) is 20.4 Å². The van der Waals surface area contributed by atoms with Crippen LogP contribution in [-0.2, 0) is 8.85 Å². The molecule has 5 aromatic rings. The Morgan fingerprint density at radius 1 is 0.425 bits per heavy atom. The van der Waals surface area contributed by atoms with Crippen LogP contribution >= 0.6 is 0 Å². The van der Waals surface area contributed by atoms with E-state index in [2.05, 4.69) is 138 Å². The number of nitrogens with zero attached hydrogens (tertiary/aromatic N) is 2. The van der Waals surface area contributed by atoms with Crippen LogP contribution in [0.1, 0.15) is 13.8 Å². The van der Waals surface area contributed by atoms with Crippen LogP contribution in [0.4, 0.5) is 34.1 Å². The highest BCUT2D eigenvalue weighted by molar-refractivity contribution is 6.80. The first-order chi connectivity index (χ1) is 19.6. The molecule has 0 aliphatic rings.